The fourth-order valence-electron chi connectivity index (χ4n) is 6.58. The third kappa shape index (κ3) is 40.9. The lowest BCUT2D eigenvalue weighted by molar-refractivity contribution is -0.870. The smallest absolute Gasteiger partial charge is 0.387 e. The minimum Gasteiger partial charge on any atom is -0.387 e. The number of aliphatic hydroxyl groups excluding tert-OH is 1. The molecule has 1 amide bonds. The van der Waals surface area contributed by atoms with Crippen molar-refractivity contribution in [1.29, 1.82) is 0 Å². The predicted molar refractivity (Wildman–Crippen MR) is 240 cm³/mol. The Hall–Kier alpha value is -1.28. The molecule has 0 saturated heterocycles. The molecule has 3 unspecified atom stereocenters. The number of hydrogen-bond acceptors (Lipinski definition) is 5. The zero-order chi connectivity index (χ0) is 41.4. The molecular formula is C47H92N2O6P+. The highest BCUT2D eigenvalue weighted by molar-refractivity contribution is 7.47. The molecule has 0 aromatic carbocycles. The average Bonchev–Trinajstić information content (AvgIpc) is 3.15. The monoisotopic (exact) mass is 812 g/mol. The van der Waals surface area contributed by atoms with E-state index in [1.165, 1.54) is 148 Å². The number of hydrogen-bond donors (Lipinski definition) is 3. The molecule has 8 nitrogen and oxygen atoms in total. The van der Waals surface area contributed by atoms with E-state index in [2.05, 4.69) is 43.5 Å². The number of phosphoric acid groups is 1. The fraction of sp³-hybridized carbons (Fsp3) is 0.851. The number of nitrogens with zero attached hydrogens (tertiary/aromatic N) is 1. The number of carbonyl (C=O) groups is 1. The molecule has 0 aliphatic carbocycles. The minimum absolute atomic E-state index is 0.0553. The van der Waals surface area contributed by atoms with E-state index in [1.807, 2.05) is 27.2 Å². The van der Waals surface area contributed by atoms with Gasteiger partial charge in [-0.2, -0.15) is 0 Å². The number of unbranched alkanes of at least 4 members (excludes halogenated alkanes) is 25. The van der Waals surface area contributed by atoms with Gasteiger partial charge in [-0.05, 0) is 57.8 Å². The molecule has 0 spiro atoms. The van der Waals surface area contributed by atoms with Crippen molar-refractivity contribution in [3.05, 3.63) is 36.5 Å². The van der Waals surface area contributed by atoms with Crippen LogP contribution in [0, 0.1) is 0 Å². The Morgan fingerprint density at radius 3 is 1.45 bits per heavy atom. The topological polar surface area (TPSA) is 105 Å². The molecule has 3 N–H and O–H groups in total. The highest BCUT2D eigenvalue weighted by Gasteiger charge is 2.27. The molecule has 0 bridgehead atoms. The van der Waals surface area contributed by atoms with Gasteiger partial charge in [-0.1, -0.05) is 179 Å². The number of likely N-dealkylation sites (N-methyl/N-ethyl adjacent to an activating group) is 1. The summed E-state index contributed by atoms with van der Waals surface area (Å²) in [6.45, 7) is 4.75. The van der Waals surface area contributed by atoms with Crippen molar-refractivity contribution < 1.29 is 32.9 Å². The molecule has 0 aromatic heterocycles. The van der Waals surface area contributed by atoms with Gasteiger partial charge in [0.1, 0.15) is 13.2 Å². The second-order valence-electron chi connectivity index (χ2n) is 17.1. The largest absolute Gasteiger partial charge is 0.472 e. The third-order valence-electron chi connectivity index (χ3n) is 10.3. The normalized spacial score (nSPS) is 14.6. The average molecular weight is 812 g/mol. The van der Waals surface area contributed by atoms with Crippen molar-refractivity contribution in [3.63, 3.8) is 0 Å². The lowest BCUT2D eigenvalue weighted by Crippen LogP contribution is -2.45. The second-order valence-corrected chi connectivity index (χ2v) is 18.6. The van der Waals surface area contributed by atoms with Crippen LogP contribution in [0.15, 0.2) is 36.5 Å². The summed E-state index contributed by atoms with van der Waals surface area (Å²) in [6, 6.07) is -0.862. The van der Waals surface area contributed by atoms with Gasteiger partial charge < -0.3 is 19.8 Å². The van der Waals surface area contributed by atoms with E-state index in [0.717, 1.165) is 38.5 Å². The standard InChI is InChI=1S/C47H91N2O6P/c1-6-8-10-12-14-16-18-19-20-21-22-23-24-25-26-27-28-29-30-31-33-35-37-39-41-47(51)48-45(44-55-56(52,53)54-43-42-49(3,4)5)46(50)40-38-36-34-32-17-15-13-11-9-7-2/h17,25-26,32,38,40,45-46,50H,6-16,18-24,27-31,33-37,39,41-44H2,1-5H3,(H-,48,51,52,53)/p+1/b26-25-,32-17+,40-38+. The number of rotatable bonds is 42. The highest BCUT2D eigenvalue weighted by Crippen LogP contribution is 2.43. The van der Waals surface area contributed by atoms with Gasteiger partial charge in [-0.15, -0.1) is 0 Å². The molecule has 56 heavy (non-hydrogen) atoms. The van der Waals surface area contributed by atoms with E-state index in [9.17, 15) is 19.4 Å². The molecule has 0 aliphatic heterocycles. The highest BCUT2D eigenvalue weighted by atomic mass is 31.2. The summed E-state index contributed by atoms with van der Waals surface area (Å²) < 4.78 is 23.5. The molecule has 0 rings (SSSR count). The Kier molecular flexibility index (Phi) is 38.3. The third-order valence-corrected chi connectivity index (χ3v) is 11.3. The van der Waals surface area contributed by atoms with Crippen LogP contribution >= 0.6 is 7.82 Å². The summed E-state index contributed by atoms with van der Waals surface area (Å²) in [5, 5.41) is 13.8. The molecule has 0 aromatic rings. The van der Waals surface area contributed by atoms with Crippen LogP contribution < -0.4 is 5.32 Å². The minimum atomic E-state index is -4.34. The van der Waals surface area contributed by atoms with Crippen LogP contribution in [0.4, 0.5) is 0 Å². The fourth-order valence-corrected chi connectivity index (χ4v) is 7.32. The van der Waals surface area contributed by atoms with Gasteiger partial charge in [0.05, 0.1) is 39.9 Å². The van der Waals surface area contributed by atoms with Crippen LogP contribution in [0.1, 0.15) is 206 Å². The lowest BCUT2D eigenvalue weighted by Gasteiger charge is -2.25. The van der Waals surface area contributed by atoms with Crippen LogP contribution in [0.3, 0.4) is 0 Å². The second kappa shape index (κ2) is 39.2. The zero-order valence-electron chi connectivity index (χ0n) is 37.4. The Labute approximate surface area is 347 Å². The molecule has 0 saturated carbocycles. The number of nitrogens with one attached hydrogen (secondary N) is 1. The molecule has 0 radical (unpaired) electrons. The van der Waals surface area contributed by atoms with Gasteiger partial charge in [0.25, 0.3) is 0 Å². The SMILES string of the molecule is CCCCCC/C=C/CC/C=C/C(O)C(COP(=O)(O)OCC[N+](C)(C)C)NC(=O)CCCCCCCCCC/C=C\CCCCCCCCCCCCCC. The van der Waals surface area contributed by atoms with E-state index in [4.69, 9.17) is 9.05 Å². The Morgan fingerprint density at radius 1 is 0.589 bits per heavy atom. The first-order valence-electron chi connectivity index (χ1n) is 23.4. The van der Waals surface area contributed by atoms with Crippen LogP contribution in [0.5, 0.6) is 0 Å². The number of allylic oxidation sites excluding steroid dienone is 5. The number of aliphatic hydroxyl groups is 1. The van der Waals surface area contributed by atoms with Gasteiger partial charge in [0.15, 0.2) is 0 Å². The molecule has 0 heterocycles. The first kappa shape index (κ1) is 54.7. The summed E-state index contributed by atoms with van der Waals surface area (Å²) in [7, 11) is 1.55. The number of phosphoric ester groups is 1. The maximum atomic E-state index is 12.8. The molecule has 0 fully saturated rings. The van der Waals surface area contributed by atoms with Crippen molar-refractivity contribution in [1.82, 2.24) is 5.32 Å². The summed E-state index contributed by atoms with van der Waals surface area (Å²) in [5.74, 6) is -0.192. The molecule has 3 atom stereocenters. The van der Waals surface area contributed by atoms with Gasteiger partial charge in [-0.25, -0.2) is 4.57 Å². The van der Waals surface area contributed by atoms with Gasteiger partial charge >= 0.3 is 7.82 Å². The number of amides is 1. The van der Waals surface area contributed by atoms with Crippen molar-refractivity contribution in [2.45, 2.75) is 219 Å². The van der Waals surface area contributed by atoms with Gasteiger partial charge in [0.2, 0.25) is 5.91 Å². The van der Waals surface area contributed by atoms with E-state index in [0.29, 0.717) is 17.4 Å². The van der Waals surface area contributed by atoms with Crippen molar-refractivity contribution in [2.75, 3.05) is 40.9 Å². The summed E-state index contributed by atoms with van der Waals surface area (Å²) in [5.41, 5.74) is 0. The van der Waals surface area contributed by atoms with Gasteiger partial charge in [-0.3, -0.25) is 13.8 Å². The molecule has 9 heteroatoms. The van der Waals surface area contributed by atoms with Crippen molar-refractivity contribution in [2.24, 2.45) is 0 Å². The van der Waals surface area contributed by atoms with Crippen LogP contribution in [0.25, 0.3) is 0 Å². The van der Waals surface area contributed by atoms with E-state index >= 15 is 0 Å². The summed E-state index contributed by atoms with van der Waals surface area (Å²) >= 11 is 0. The van der Waals surface area contributed by atoms with Gasteiger partial charge in [0, 0.05) is 6.42 Å². The van der Waals surface area contributed by atoms with Crippen molar-refractivity contribution in [3.8, 4) is 0 Å². The maximum absolute atomic E-state index is 12.8. The lowest BCUT2D eigenvalue weighted by atomic mass is 10.0. The van der Waals surface area contributed by atoms with Crippen LogP contribution in [-0.4, -0.2) is 73.4 Å². The van der Waals surface area contributed by atoms with Crippen LogP contribution in [-0.2, 0) is 18.4 Å². The van der Waals surface area contributed by atoms with E-state index in [1.54, 1.807) is 6.08 Å². The molecule has 330 valence electrons. The first-order valence-corrected chi connectivity index (χ1v) is 24.9. The van der Waals surface area contributed by atoms with Crippen molar-refractivity contribution >= 4 is 13.7 Å². The van der Waals surface area contributed by atoms with E-state index in [-0.39, 0.29) is 19.1 Å². The zero-order valence-corrected chi connectivity index (χ0v) is 38.3. The first-order chi connectivity index (χ1) is 27.0. The Balaban J connectivity index is 4.22. The number of quaternary nitrogens is 1. The van der Waals surface area contributed by atoms with E-state index < -0.39 is 20.0 Å². The Bertz CT molecular complexity index is 1010. The summed E-state index contributed by atoms with van der Waals surface area (Å²) in [6.07, 6.45) is 48.1. The molecule has 0 aliphatic rings. The maximum Gasteiger partial charge on any atom is 0.472 e. The summed E-state index contributed by atoms with van der Waals surface area (Å²) in [4.78, 5) is 23.1. The predicted octanol–water partition coefficient (Wildman–Crippen LogP) is 13.1. The number of carbonyl (C=O) groups excluding carboxylic acids is 1. The van der Waals surface area contributed by atoms with Crippen LogP contribution in [0.2, 0.25) is 0 Å². The quantitative estimate of drug-likeness (QED) is 0.0245. The molecular weight excluding hydrogens is 719 g/mol. The Morgan fingerprint density at radius 2 is 0.982 bits per heavy atom.